The van der Waals surface area contributed by atoms with Crippen LogP contribution in [0.1, 0.15) is 38.8 Å². The molecule has 4 rings (SSSR count). The van der Waals surface area contributed by atoms with Crippen molar-refractivity contribution in [1.82, 2.24) is 15.2 Å². The molecule has 0 saturated carbocycles. The van der Waals surface area contributed by atoms with Crippen LogP contribution in [0.5, 0.6) is 0 Å². The summed E-state index contributed by atoms with van der Waals surface area (Å²) in [6.45, 7) is 7.89. The average molecular weight is 442 g/mol. The number of hydrogen-bond donors (Lipinski definition) is 1. The lowest BCUT2D eigenvalue weighted by atomic mass is 10.1. The monoisotopic (exact) mass is 441 g/mol. The molecule has 7 heteroatoms. The summed E-state index contributed by atoms with van der Waals surface area (Å²) in [6.07, 6.45) is 1.01. The molecule has 0 bridgehead atoms. The molecule has 5 nitrogen and oxygen atoms in total. The van der Waals surface area contributed by atoms with Gasteiger partial charge in [-0.15, -0.1) is 22.7 Å². The van der Waals surface area contributed by atoms with Gasteiger partial charge in [-0.05, 0) is 30.4 Å². The van der Waals surface area contributed by atoms with Gasteiger partial charge in [0.25, 0.3) is 5.91 Å². The summed E-state index contributed by atoms with van der Waals surface area (Å²) in [5.41, 5.74) is 3.14. The Morgan fingerprint density at radius 1 is 1.23 bits per heavy atom. The molecule has 1 atom stereocenters. The Morgan fingerprint density at radius 3 is 2.67 bits per heavy atom. The number of nitrogens with zero attached hydrogens (tertiary/aromatic N) is 2. The molecule has 2 aromatic heterocycles. The predicted molar refractivity (Wildman–Crippen MR) is 123 cm³/mol. The van der Waals surface area contributed by atoms with Crippen molar-refractivity contribution in [3.8, 4) is 10.6 Å². The number of amides is 1. The maximum absolute atomic E-state index is 13.0. The predicted octanol–water partition coefficient (Wildman–Crippen LogP) is 4.55. The van der Waals surface area contributed by atoms with E-state index in [0.29, 0.717) is 11.4 Å². The van der Waals surface area contributed by atoms with Crippen molar-refractivity contribution in [2.24, 2.45) is 0 Å². The van der Waals surface area contributed by atoms with Crippen LogP contribution in [-0.2, 0) is 11.2 Å². The van der Waals surface area contributed by atoms with E-state index in [1.807, 2.05) is 6.92 Å². The van der Waals surface area contributed by atoms with E-state index in [2.05, 4.69) is 63.9 Å². The summed E-state index contributed by atoms with van der Waals surface area (Å²) in [5, 5.41) is 6.15. The molecular weight excluding hydrogens is 414 g/mol. The first-order valence-electron chi connectivity index (χ1n) is 10.4. The van der Waals surface area contributed by atoms with Gasteiger partial charge >= 0.3 is 0 Å². The number of hydrogen-bond acceptors (Lipinski definition) is 6. The summed E-state index contributed by atoms with van der Waals surface area (Å²) in [7, 11) is 0. The van der Waals surface area contributed by atoms with Crippen LogP contribution in [0.4, 0.5) is 0 Å². The molecule has 30 heavy (non-hydrogen) atoms. The third kappa shape index (κ3) is 4.81. The molecule has 1 aliphatic rings. The van der Waals surface area contributed by atoms with Crippen LogP contribution in [0, 0.1) is 6.92 Å². The first-order valence-corrected chi connectivity index (χ1v) is 12.1. The van der Waals surface area contributed by atoms with E-state index in [9.17, 15) is 4.79 Å². The molecule has 1 amide bonds. The summed E-state index contributed by atoms with van der Waals surface area (Å²) in [6, 6.07) is 12.8. The maximum Gasteiger partial charge on any atom is 0.263 e. The number of thiophene rings is 1. The maximum atomic E-state index is 13.0. The number of ether oxygens (including phenoxy) is 1. The summed E-state index contributed by atoms with van der Waals surface area (Å²) >= 11 is 3.20. The van der Waals surface area contributed by atoms with Gasteiger partial charge in [0.15, 0.2) is 0 Å². The molecule has 1 aromatic carbocycles. The van der Waals surface area contributed by atoms with Gasteiger partial charge in [-0.3, -0.25) is 9.69 Å². The highest BCUT2D eigenvalue weighted by atomic mass is 32.1. The Kier molecular flexibility index (Phi) is 6.94. The highest BCUT2D eigenvalue weighted by molar-refractivity contribution is 7.17. The number of thiazole rings is 1. The Balaban J connectivity index is 1.46. The molecule has 1 N–H and O–H groups in total. The Morgan fingerprint density at radius 2 is 2.00 bits per heavy atom. The largest absolute Gasteiger partial charge is 0.379 e. The number of aromatic nitrogens is 1. The number of morpholine rings is 1. The zero-order valence-electron chi connectivity index (χ0n) is 17.4. The van der Waals surface area contributed by atoms with Crippen LogP contribution in [0.25, 0.3) is 10.6 Å². The van der Waals surface area contributed by atoms with Gasteiger partial charge in [-0.25, -0.2) is 4.98 Å². The van der Waals surface area contributed by atoms with Crippen LogP contribution < -0.4 is 5.32 Å². The van der Waals surface area contributed by atoms with Gasteiger partial charge in [-0.1, -0.05) is 37.3 Å². The fourth-order valence-corrected chi connectivity index (χ4v) is 5.51. The lowest BCUT2D eigenvalue weighted by Gasteiger charge is -2.34. The Hall–Kier alpha value is -2.06. The van der Waals surface area contributed by atoms with E-state index in [0.717, 1.165) is 49.0 Å². The van der Waals surface area contributed by atoms with Crippen molar-refractivity contribution in [2.75, 3.05) is 32.8 Å². The first kappa shape index (κ1) is 21.2. The lowest BCUT2D eigenvalue weighted by molar-refractivity contribution is 0.0169. The van der Waals surface area contributed by atoms with Crippen LogP contribution in [0.2, 0.25) is 0 Å². The zero-order valence-corrected chi connectivity index (χ0v) is 19.0. The molecule has 1 aliphatic heterocycles. The van der Waals surface area contributed by atoms with Crippen LogP contribution >= 0.6 is 22.7 Å². The van der Waals surface area contributed by atoms with Crippen LogP contribution in [0.3, 0.4) is 0 Å². The fraction of sp³-hybridized carbons (Fsp3) is 0.391. The smallest absolute Gasteiger partial charge is 0.263 e. The highest BCUT2D eigenvalue weighted by Gasteiger charge is 2.25. The Bertz CT molecular complexity index is 961. The third-order valence-corrected chi connectivity index (χ3v) is 7.60. The number of rotatable bonds is 7. The minimum Gasteiger partial charge on any atom is -0.379 e. The zero-order chi connectivity index (χ0) is 20.9. The second-order valence-electron chi connectivity index (χ2n) is 7.37. The topological polar surface area (TPSA) is 54.5 Å². The van der Waals surface area contributed by atoms with Gasteiger partial charge in [0.2, 0.25) is 0 Å². The number of benzene rings is 1. The quantitative estimate of drug-likeness (QED) is 0.585. The van der Waals surface area contributed by atoms with Gasteiger partial charge in [0.05, 0.1) is 24.9 Å². The molecule has 0 radical (unpaired) electrons. The molecule has 1 saturated heterocycles. The number of nitrogens with one attached hydrogen (secondary N) is 1. The van der Waals surface area contributed by atoms with Crippen molar-refractivity contribution < 1.29 is 9.53 Å². The van der Waals surface area contributed by atoms with Crippen molar-refractivity contribution in [3.63, 3.8) is 0 Å². The summed E-state index contributed by atoms with van der Waals surface area (Å²) < 4.78 is 5.50. The van der Waals surface area contributed by atoms with Gasteiger partial charge in [-0.2, -0.15) is 0 Å². The van der Waals surface area contributed by atoms with E-state index >= 15 is 0 Å². The number of carbonyl (C=O) groups is 1. The second-order valence-corrected chi connectivity index (χ2v) is 9.35. The van der Waals surface area contributed by atoms with Crippen molar-refractivity contribution >= 4 is 28.6 Å². The van der Waals surface area contributed by atoms with Crippen molar-refractivity contribution in [3.05, 3.63) is 62.8 Å². The average Bonchev–Trinajstić information content (AvgIpc) is 3.45. The van der Waals surface area contributed by atoms with Crippen molar-refractivity contribution in [2.45, 2.75) is 26.3 Å². The molecule has 0 unspecified atom stereocenters. The van der Waals surface area contributed by atoms with Crippen LogP contribution in [0.15, 0.2) is 41.8 Å². The van der Waals surface area contributed by atoms with E-state index in [-0.39, 0.29) is 11.9 Å². The van der Waals surface area contributed by atoms with E-state index in [1.165, 1.54) is 21.8 Å². The normalized spacial score (nSPS) is 15.8. The number of carbonyl (C=O) groups excluding carboxylic acids is 1. The fourth-order valence-electron chi connectivity index (χ4n) is 3.66. The SMILES string of the molecule is CCc1ccc(-c2nc(C)c(C(=O)NC[C@@H](c3cccs3)N3CCOCC3)s2)cc1. The molecule has 1 fully saturated rings. The molecule has 0 spiro atoms. The Labute approximate surface area is 185 Å². The standard InChI is InChI=1S/C23H27N3O2S2/c1-3-17-6-8-18(9-7-17)23-25-16(2)21(30-23)22(27)24-15-19(20-5-4-14-29-20)26-10-12-28-13-11-26/h4-9,14,19H,3,10-13,15H2,1-2H3,(H,24,27)/t19-/m0/s1. The number of aryl methyl sites for hydroxylation is 2. The first-order chi connectivity index (χ1) is 14.7. The summed E-state index contributed by atoms with van der Waals surface area (Å²) in [4.78, 5) is 22.0. The molecular formula is C23H27N3O2S2. The van der Waals surface area contributed by atoms with Gasteiger partial charge < -0.3 is 10.1 Å². The minimum atomic E-state index is -0.0451. The van der Waals surface area contributed by atoms with Gasteiger partial charge in [0, 0.05) is 30.1 Å². The van der Waals surface area contributed by atoms with Gasteiger partial charge in [0.1, 0.15) is 9.88 Å². The third-order valence-electron chi connectivity index (χ3n) is 5.43. The highest BCUT2D eigenvalue weighted by Crippen LogP contribution is 2.29. The van der Waals surface area contributed by atoms with E-state index < -0.39 is 0 Å². The van der Waals surface area contributed by atoms with E-state index in [4.69, 9.17) is 4.74 Å². The molecule has 158 valence electrons. The van der Waals surface area contributed by atoms with Crippen LogP contribution in [-0.4, -0.2) is 48.6 Å². The second kappa shape index (κ2) is 9.83. The molecule has 3 aromatic rings. The molecule has 3 heterocycles. The van der Waals surface area contributed by atoms with Crippen molar-refractivity contribution in [1.29, 1.82) is 0 Å². The van der Waals surface area contributed by atoms with E-state index in [1.54, 1.807) is 11.3 Å². The summed E-state index contributed by atoms with van der Waals surface area (Å²) in [5.74, 6) is -0.0451. The minimum absolute atomic E-state index is 0.0451. The molecule has 0 aliphatic carbocycles. The lowest BCUT2D eigenvalue weighted by Crippen LogP contribution is -2.43.